The van der Waals surface area contributed by atoms with Crippen molar-refractivity contribution in [2.24, 2.45) is 0 Å². The quantitative estimate of drug-likeness (QED) is 0.551. The molecule has 0 fully saturated rings. The van der Waals surface area contributed by atoms with Gasteiger partial charge in [0.25, 0.3) is 0 Å². The molecule has 0 aromatic heterocycles. The molecule has 0 aliphatic carbocycles. The summed E-state index contributed by atoms with van der Waals surface area (Å²) in [6, 6.07) is 0. The van der Waals surface area contributed by atoms with E-state index in [9.17, 15) is 4.20 Å². The first kappa shape index (κ1) is 10.4. The molecule has 0 atom stereocenters. The zero-order chi connectivity index (χ0) is 8.65. The Labute approximate surface area is 64.3 Å². The third-order valence-corrected chi connectivity index (χ3v) is 7.32. The molecule has 0 saturated carbocycles. The zero-order valence-corrected chi connectivity index (χ0v) is 8.93. The maximum atomic E-state index is 14.0. The SMILES string of the molecule is CCC(C)(C)P(C)(C)(C)F. The summed E-state index contributed by atoms with van der Waals surface area (Å²) in [7, 11) is 0. The van der Waals surface area contributed by atoms with E-state index in [1.165, 1.54) is 0 Å². The predicted octanol–water partition coefficient (Wildman–Crippen LogP) is 3.50. The fraction of sp³-hybridized carbons (Fsp3) is 1.00. The first-order valence-electron chi connectivity index (χ1n) is 3.79. The van der Waals surface area contributed by atoms with Gasteiger partial charge in [0.1, 0.15) is 0 Å². The van der Waals surface area contributed by atoms with Gasteiger partial charge in [-0.15, -0.1) is 0 Å². The number of halogens is 1. The molecule has 0 aliphatic heterocycles. The van der Waals surface area contributed by atoms with Crippen LogP contribution in [0.5, 0.6) is 0 Å². The van der Waals surface area contributed by atoms with E-state index in [1.807, 2.05) is 13.8 Å². The normalized spacial score (nSPS) is 18.1. The van der Waals surface area contributed by atoms with Crippen molar-refractivity contribution < 1.29 is 4.20 Å². The summed E-state index contributed by atoms with van der Waals surface area (Å²) in [5.74, 6) is 0. The van der Waals surface area contributed by atoms with Crippen molar-refractivity contribution in [1.29, 1.82) is 0 Å². The van der Waals surface area contributed by atoms with Gasteiger partial charge in [0.15, 0.2) is 0 Å². The molecule has 64 valence electrons. The first-order chi connectivity index (χ1) is 4.07. The Morgan fingerprint density at radius 2 is 1.50 bits per heavy atom. The molecular formula is C8H20FP. The molecule has 0 aromatic carbocycles. The van der Waals surface area contributed by atoms with Gasteiger partial charge in [-0.1, -0.05) is 0 Å². The minimum atomic E-state index is -2.84. The van der Waals surface area contributed by atoms with Gasteiger partial charge < -0.3 is 0 Å². The summed E-state index contributed by atoms with van der Waals surface area (Å²) in [4.78, 5) is 0. The van der Waals surface area contributed by atoms with E-state index in [-0.39, 0.29) is 5.16 Å². The van der Waals surface area contributed by atoms with Crippen LogP contribution in [0.1, 0.15) is 27.2 Å². The summed E-state index contributed by atoms with van der Waals surface area (Å²) in [6.07, 6.45) is 0.921. The van der Waals surface area contributed by atoms with E-state index in [2.05, 4.69) is 6.92 Å². The maximum absolute atomic E-state index is 14.0. The Kier molecular flexibility index (Phi) is 2.25. The molecule has 0 aromatic rings. The Morgan fingerprint density at radius 1 is 1.20 bits per heavy atom. The van der Waals surface area contributed by atoms with Crippen molar-refractivity contribution in [3.63, 3.8) is 0 Å². The summed E-state index contributed by atoms with van der Waals surface area (Å²) in [5.41, 5.74) is 0. The van der Waals surface area contributed by atoms with E-state index >= 15 is 0 Å². The van der Waals surface area contributed by atoms with Crippen LogP contribution in [0.25, 0.3) is 0 Å². The number of rotatable bonds is 2. The van der Waals surface area contributed by atoms with Crippen molar-refractivity contribution >= 4 is 6.91 Å². The van der Waals surface area contributed by atoms with Gasteiger partial charge >= 0.3 is 63.5 Å². The summed E-state index contributed by atoms with van der Waals surface area (Å²) < 4.78 is 14.0. The van der Waals surface area contributed by atoms with Crippen molar-refractivity contribution in [2.75, 3.05) is 20.0 Å². The van der Waals surface area contributed by atoms with Gasteiger partial charge in [-0.25, -0.2) is 0 Å². The molecule has 0 radical (unpaired) electrons. The standard InChI is InChI=1S/C8H20FP/c1-7-8(2,3)10(4,5,6)9/h7H2,1-6H3. The second kappa shape index (κ2) is 2.17. The fourth-order valence-electron chi connectivity index (χ4n) is 0.534. The molecule has 10 heavy (non-hydrogen) atoms. The molecule has 0 rings (SSSR count). The van der Waals surface area contributed by atoms with Crippen LogP contribution >= 0.6 is 6.91 Å². The monoisotopic (exact) mass is 166 g/mol. The van der Waals surface area contributed by atoms with Gasteiger partial charge in [0, 0.05) is 0 Å². The third-order valence-electron chi connectivity index (χ3n) is 2.91. The molecule has 2 heteroatoms. The van der Waals surface area contributed by atoms with Crippen LogP contribution in [-0.2, 0) is 0 Å². The van der Waals surface area contributed by atoms with Gasteiger partial charge in [0.05, 0.1) is 0 Å². The van der Waals surface area contributed by atoms with Gasteiger partial charge in [-0.2, -0.15) is 0 Å². The van der Waals surface area contributed by atoms with Gasteiger partial charge in [-0.05, 0) is 0 Å². The van der Waals surface area contributed by atoms with E-state index in [1.54, 1.807) is 20.0 Å². The van der Waals surface area contributed by atoms with E-state index in [4.69, 9.17) is 0 Å². The van der Waals surface area contributed by atoms with Crippen LogP contribution in [0.15, 0.2) is 0 Å². The second-order valence-electron chi connectivity index (χ2n) is 4.77. The van der Waals surface area contributed by atoms with Crippen LogP contribution in [0, 0.1) is 0 Å². The average molecular weight is 166 g/mol. The third kappa shape index (κ3) is 1.92. The molecular weight excluding hydrogens is 146 g/mol. The van der Waals surface area contributed by atoms with Crippen molar-refractivity contribution in [2.45, 2.75) is 32.3 Å². The van der Waals surface area contributed by atoms with Crippen LogP contribution in [0.2, 0.25) is 0 Å². The molecule has 0 saturated heterocycles. The topological polar surface area (TPSA) is 0 Å². The molecule has 0 amide bonds. The van der Waals surface area contributed by atoms with Gasteiger partial charge in [0.2, 0.25) is 0 Å². The predicted molar refractivity (Wildman–Crippen MR) is 50.2 cm³/mol. The fourth-order valence-corrected chi connectivity index (χ4v) is 1.60. The zero-order valence-electron chi connectivity index (χ0n) is 8.03. The van der Waals surface area contributed by atoms with Crippen molar-refractivity contribution in [3.8, 4) is 0 Å². The Balaban J connectivity index is 4.64. The summed E-state index contributed by atoms with van der Waals surface area (Å²) in [6.45, 7) is 8.61. The molecule has 0 aliphatic rings. The van der Waals surface area contributed by atoms with E-state index in [0.29, 0.717) is 0 Å². The van der Waals surface area contributed by atoms with Crippen molar-refractivity contribution in [3.05, 3.63) is 0 Å². The number of hydrogen-bond donors (Lipinski definition) is 0. The van der Waals surface area contributed by atoms with Crippen molar-refractivity contribution in [1.82, 2.24) is 0 Å². The molecule has 0 nitrogen and oxygen atoms in total. The summed E-state index contributed by atoms with van der Waals surface area (Å²) in [5, 5.41) is -0.119. The van der Waals surface area contributed by atoms with E-state index < -0.39 is 6.91 Å². The Morgan fingerprint density at radius 3 is 1.50 bits per heavy atom. The molecule has 0 bridgehead atoms. The molecule has 0 N–H and O–H groups in total. The van der Waals surface area contributed by atoms with Gasteiger partial charge in [-0.3, -0.25) is 0 Å². The Hall–Kier alpha value is 0.360. The summed E-state index contributed by atoms with van der Waals surface area (Å²) >= 11 is 0. The molecule has 0 heterocycles. The van der Waals surface area contributed by atoms with Crippen LogP contribution in [-0.4, -0.2) is 25.2 Å². The van der Waals surface area contributed by atoms with Crippen LogP contribution < -0.4 is 0 Å². The molecule has 0 spiro atoms. The average Bonchev–Trinajstić information content (AvgIpc) is 1.61. The second-order valence-corrected chi connectivity index (χ2v) is 11.2. The first-order valence-corrected chi connectivity index (χ1v) is 7.26. The van der Waals surface area contributed by atoms with Crippen LogP contribution in [0.4, 0.5) is 4.20 Å². The molecule has 0 unspecified atom stereocenters. The Bertz CT molecular complexity index is 121. The minimum absolute atomic E-state index is 0.119. The van der Waals surface area contributed by atoms with Crippen LogP contribution in [0.3, 0.4) is 0 Å². The van der Waals surface area contributed by atoms with E-state index in [0.717, 1.165) is 6.42 Å². The number of hydrogen-bond acceptors (Lipinski definition) is 0.